The number of nitrogens with zero attached hydrogens (tertiary/aromatic N) is 3. The van der Waals surface area contributed by atoms with Crippen LogP contribution in [0, 0.1) is 12.3 Å². The molecule has 32 heavy (non-hydrogen) atoms. The predicted octanol–water partition coefficient (Wildman–Crippen LogP) is 1.99. The molecule has 1 aliphatic heterocycles. The van der Waals surface area contributed by atoms with E-state index in [2.05, 4.69) is 5.32 Å². The van der Waals surface area contributed by atoms with Crippen LogP contribution in [0.1, 0.15) is 37.6 Å². The van der Waals surface area contributed by atoms with Gasteiger partial charge in [0.25, 0.3) is 5.56 Å². The highest BCUT2D eigenvalue weighted by atomic mass is 32.1. The van der Waals surface area contributed by atoms with Crippen LogP contribution in [0.5, 0.6) is 0 Å². The Morgan fingerprint density at radius 2 is 1.72 bits per heavy atom. The zero-order valence-electron chi connectivity index (χ0n) is 18.3. The maximum absolute atomic E-state index is 13.2. The molecule has 8 nitrogen and oxygen atoms in total. The van der Waals surface area contributed by atoms with Gasteiger partial charge in [0, 0.05) is 31.1 Å². The first kappa shape index (κ1) is 24.0. The summed E-state index contributed by atoms with van der Waals surface area (Å²) in [6, 6.07) is 0. The molecule has 1 fully saturated rings. The molecule has 1 N–H and O–H groups in total. The molecule has 1 saturated heterocycles. The number of nitrogens with one attached hydrogen (secondary N) is 1. The van der Waals surface area contributed by atoms with Gasteiger partial charge < -0.3 is 10.2 Å². The van der Waals surface area contributed by atoms with E-state index >= 15 is 0 Å². The molecule has 2 amide bonds. The van der Waals surface area contributed by atoms with Crippen molar-refractivity contribution in [1.29, 1.82) is 0 Å². The number of thiophene rings is 1. The topological polar surface area (TPSA) is 93.4 Å². The molecule has 0 saturated carbocycles. The van der Waals surface area contributed by atoms with Crippen molar-refractivity contribution >= 4 is 33.4 Å². The lowest BCUT2D eigenvalue weighted by Crippen LogP contribution is -2.51. The Morgan fingerprint density at radius 1 is 1.06 bits per heavy atom. The number of aryl methyl sites for hydroxylation is 2. The summed E-state index contributed by atoms with van der Waals surface area (Å²) in [4.78, 5) is 52.1. The smallest absolute Gasteiger partial charge is 0.346 e. The Balaban J connectivity index is 2.17. The first-order valence-corrected chi connectivity index (χ1v) is 10.9. The standard InChI is InChI=1S/C20H25F3N4O4S/c1-11-12(9-25-8-6-24-14(28)16(25)30)32-17-13(11)15(29)27(10-19(2,3)4)18(31)26(17)7-5-20(21,22)23/h5-10H2,1-4H3,(H,24,28). The largest absolute Gasteiger partial charge is 0.390 e. The Labute approximate surface area is 185 Å². The molecular formula is C20H25F3N4O4S. The maximum Gasteiger partial charge on any atom is 0.390 e. The fourth-order valence-electron chi connectivity index (χ4n) is 3.59. The van der Waals surface area contributed by atoms with Crippen LogP contribution in [0.25, 0.3) is 10.2 Å². The number of fused-ring (bicyclic) bond motifs is 1. The van der Waals surface area contributed by atoms with Gasteiger partial charge in [0.2, 0.25) is 0 Å². The van der Waals surface area contributed by atoms with E-state index in [1.165, 1.54) is 4.90 Å². The van der Waals surface area contributed by atoms with Gasteiger partial charge in [-0.25, -0.2) is 4.79 Å². The molecular weight excluding hydrogens is 449 g/mol. The second-order valence-corrected chi connectivity index (χ2v) is 10.1. The summed E-state index contributed by atoms with van der Waals surface area (Å²) < 4.78 is 40.8. The molecule has 0 bridgehead atoms. The number of carbonyl (C=O) groups excluding carboxylic acids is 2. The van der Waals surface area contributed by atoms with Crippen molar-refractivity contribution in [1.82, 2.24) is 19.4 Å². The molecule has 176 valence electrons. The molecule has 1 aliphatic rings. The van der Waals surface area contributed by atoms with Gasteiger partial charge >= 0.3 is 23.7 Å². The predicted molar refractivity (Wildman–Crippen MR) is 114 cm³/mol. The van der Waals surface area contributed by atoms with Crippen LogP contribution in [0.2, 0.25) is 0 Å². The Kier molecular flexibility index (Phi) is 6.29. The molecule has 3 rings (SSSR count). The molecule has 12 heteroatoms. The fraction of sp³-hybridized carbons (Fsp3) is 0.600. The second-order valence-electron chi connectivity index (χ2n) is 9.06. The van der Waals surface area contributed by atoms with Crippen molar-refractivity contribution in [3.63, 3.8) is 0 Å². The lowest BCUT2D eigenvalue weighted by Gasteiger charge is -2.26. The van der Waals surface area contributed by atoms with Gasteiger partial charge in [0.1, 0.15) is 4.83 Å². The number of halogens is 3. The minimum Gasteiger partial charge on any atom is -0.346 e. The number of aromatic nitrogens is 2. The van der Waals surface area contributed by atoms with Crippen molar-refractivity contribution in [2.45, 2.75) is 59.9 Å². The molecule has 2 aromatic rings. The van der Waals surface area contributed by atoms with Crippen LogP contribution in [0.3, 0.4) is 0 Å². The summed E-state index contributed by atoms with van der Waals surface area (Å²) in [5.74, 6) is -1.45. The number of alkyl halides is 3. The number of amides is 2. The minimum atomic E-state index is -4.47. The number of rotatable bonds is 5. The quantitative estimate of drug-likeness (QED) is 0.671. The maximum atomic E-state index is 13.2. The van der Waals surface area contributed by atoms with E-state index in [9.17, 15) is 32.3 Å². The van der Waals surface area contributed by atoms with E-state index in [0.717, 1.165) is 20.5 Å². The van der Waals surface area contributed by atoms with Gasteiger partial charge in [0.05, 0.1) is 18.4 Å². The average Bonchev–Trinajstić information content (AvgIpc) is 2.97. The summed E-state index contributed by atoms with van der Waals surface area (Å²) in [7, 11) is 0. The molecule has 0 aliphatic carbocycles. The van der Waals surface area contributed by atoms with Crippen LogP contribution >= 0.6 is 11.3 Å². The van der Waals surface area contributed by atoms with Gasteiger partial charge in [-0.15, -0.1) is 11.3 Å². The SMILES string of the molecule is Cc1c(CN2CCNC(=O)C2=O)sc2c1c(=O)n(CC(C)(C)C)c(=O)n2CCC(F)(F)F. The molecule has 0 radical (unpaired) electrons. The monoisotopic (exact) mass is 474 g/mol. The third kappa shape index (κ3) is 4.89. The summed E-state index contributed by atoms with van der Waals surface area (Å²) in [6.07, 6.45) is -5.69. The molecule has 0 atom stereocenters. The second kappa shape index (κ2) is 8.38. The fourth-order valence-corrected chi connectivity index (χ4v) is 4.92. The Morgan fingerprint density at radius 3 is 2.31 bits per heavy atom. The Bertz CT molecular complexity index is 1190. The molecule has 0 spiro atoms. The highest BCUT2D eigenvalue weighted by molar-refractivity contribution is 7.18. The van der Waals surface area contributed by atoms with E-state index in [1.807, 2.05) is 20.8 Å². The molecule has 3 heterocycles. The van der Waals surface area contributed by atoms with Crippen LogP contribution in [-0.4, -0.2) is 45.1 Å². The highest BCUT2D eigenvalue weighted by Gasteiger charge is 2.31. The van der Waals surface area contributed by atoms with Crippen molar-refractivity contribution < 1.29 is 22.8 Å². The third-order valence-electron chi connectivity index (χ3n) is 5.13. The van der Waals surface area contributed by atoms with Crippen molar-refractivity contribution in [2.24, 2.45) is 5.41 Å². The summed E-state index contributed by atoms with van der Waals surface area (Å²) >= 11 is 1.01. The van der Waals surface area contributed by atoms with Gasteiger partial charge in [-0.3, -0.25) is 23.5 Å². The van der Waals surface area contributed by atoms with Crippen LogP contribution < -0.4 is 16.6 Å². The van der Waals surface area contributed by atoms with Crippen LogP contribution in [0.4, 0.5) is 13.2 Å². The van der Waals surface area contributed by atoms with E-state index in [-0.39, 0.29) is 36.4 Å². The minimum absolute atomic E-state index is 0.0314. The van der Waals surface area contributed by atoms with Crippen LogP contribution in [0.15, 0.2) is 9.59 Å². The van der Waals surface area contributed by atoms with E-state index in [4.69, 9.17) is 0 Å². The van der Waals surface area contributed by atoms with E-state index in [0.29, 0.717) is 10.4 Å². The lowest BCUT2D eigenvalue weighted by molar-refractivity contribution is -0.148. The number of piperazine rings is 1. The van der Waals surface area contributed by atoms with Crippen molar-refractivity contribution in [3.8, 4) is 0 Å². The summed E-state index contributed by atoms with van der Waals surface area (Å²) in [5, 5.41) is 2.61. The number of hydrogen-bond acceptors (Lipinski definition) is 5. The van der Waals surface area contributed by atoms with Crippen molar-refractivity contribution in [2.75, 3.05) is 13.1 Å². The Hall–Kier alpha value is -2.63. The van der Waals surface area contributed by atoms with Crippen LogP contribution in [-0.2, 0) is 29.2 Å². The third-order valence-corrected chi connectivity index (χ3v) is 6.43. The zero-order chi connectivity index (χ0) is 24.0. The highest BCUT2D eigenvalue weighted by Crippen LogP contribution is 2.30. The lowest BCUT2D eigenvalue weighted by atomic mass is 9.97. The molecule has 0 unspecified atom stereocenters. The van der Waals surface area contributed by atoms with E-state index in [1.54, 1.807) is 6.92 Å². The average molecular weight is 475 g/mol. The first-order chi connectivity index (χ1) is 14.7. The van der Waals surface area contributed by atoms with Crippen molar-refractivity contribution in [3.05, 3.63) is 31.3 Å². The summed E-state index contributed by atoms with van der Waals surface area (Å²) in [6.45, 7) is 7.12. The first-order valence-electron chi connectivity index (χ1n) is 10.1. The summed E-state index contributed by atoms with van der Waals surface area (Å²) in [5.41, 5.74) is -1.32. The van der Waals surface area contributed by atoms with Gasteiger partial charge in [-0.1, -0.05) is 20.8 Å². The number of hydrogen-bond donors (Lipinski definition) is 1. The zero-order valence-corrected chi connectivity index (χ0v) is 19.1. The molecule has 2 aromatic heterocycles. The van der Waals surface area contributed by atoms with Gasteiger partial charge in [0.15, 0.2) is 0 Å². The molecule has 0 aromatic carbocycles. The van der Waals surface area contributed by atoms with Gasteiger partial charge in [-0.05, 0) is 17.9 Å². The van der Waals surface area contributed by atoms with E-state index < -0.39 is 47.6 Å². The number of carbonyl (C=O) groups is 2. The van der Waals surface area contributed by atoms with Gasteiger partial charge in [-0.2, -0.15) is 13.2 Å². The normalized spacial score (nSPS) is 15.5.